The van der Waals surface area contributed by atoms with Gasteiger partial charge in [-0.3, -0.25) is 0 Å². The second-order valence-corrected chi connectivity index (χ2v) is 4.38. The van der Waals surface area contributed by atoms with Crippen molar-refractivity contribution in [3.8, 4) is 22.8 Å². The van der Waals surface area contributed by atoms with E-state index in [2.05, 4.69) is 15.0 Å². The highest BCUT2D eigenvalue weighted by Crippen LogP contribution is 2.20. The molecule has 0 fully saturated rings. The van der Waals surface area contributed by atoms with E-state index in [-0.39, 0.29) is 0 Å². The Morgan fingerprint density at radius 3 is 1.40 bits per heavy atom. The molecule has 5 nitrogen and oxygen atoms in total. The molecule has 0 saturated carbocycles. The lowest BCUT2D eigenvalue weighted by atomic mass is 10.1. The third kappa shape index (κ3) is 2.42. The molecular formula is C15H13N5. The Bertz CT molecular complexity index is 659. The van der Waals surface area contributed by atoms with Crippen LogP contribution in [0.3, 0.4) is 0 Å². The largest absolute Gasteiger partial charge is 0.399 e. The minimum atomic E-state index is 0.617. The van der Waals surface area contributed by atoms with Crippen LogP contribution in [0.15, 0.2) is 54.9 Å². The van der Waals surface area contributed by atoms with Crippen molar-refractivity contribution >= 4 is 11.4 Å². The summed E-state index contributed by atoms with van der Waals surface area (Å²) >= 11 is 0. The third-order valence-electron chi connectivity index (χ3n) is 2.91. The fourth-order valence-electron chi connectivity index (χ4n) is 1.84. The molecular weight excluding hydrogens is 250 g/mol. The summed E-state index contributed by atoms with van der Waals surface area (Å²) in [6, 6.07) is 14.8. The van der Waals surface area contributed by atoms with Crippen LogP contribution in [0.25, 0.3) is 22.8 Å². The minimum Gasteiger partial charge on any atom is -0.399 e. The van der Waals surface area contributed by atoms with Gasteiger partial charge in [0.15, 0.2) is 11.6 Å². The van der Waals surface area contributed by atoms with Gasteiger partial charge in [-0.25, -0.2) is 15.0 Å². The summed E-state index contributed by atoms with van der Waals surface area (Å²) in [5.74, 6) is 1.23. The summed E-state index contributed by atoms with van der Waals surface area (Å²) in [4.78, 5) is 12.9. The molecule has 1 aromatic heterocycles. The molecule has 0 spiro atoms. The first-order valence-corrected chi connectivity index (χ1v) is 6.13. The summed E-state index contributed by atoms with van der Waals surface area (Å²) < 4.78 is 0. The average Bonchev–Trinajstić information content (AvgIpc) is 2.49. The zero-order valence-electron chi connectivity index (χ0n) is 10.7. The molecule has 0 aliphatic heterocycles. The second kappa shape index (κ2) is 4.97. The standard InChI is InChI=1S/C15H13N5/c16-12-5-1-10(2-6-12)14-18-9-19-15(20-14)11-3-7-13(17)8-4-11/h1-9H,16-17H2. The Kier molecular flexibility index (Phi) is 3.01. The van der Waals surface area contributed by atoms with Gasteiger partial charge in [-0.2, -0.15) is 0 Å². The number of hydrogen-bond acceptors (Lipinski definition) is 5. The molecule has 0 unspecified atom stereocenters. The lowest BCUT2D eigenvalue weighted by Crippen LogP contribution is -1.95. The maximum atomic E-state index is 5.67. The molecule has 0 radical (unpaired) electrons. The molecule has 0 bridgehead atoms. The first-order chi connectivity index (χ1) is 9.72. The number of hydrogen-bond donors (Lipinski definition) is 2. The minimum absolute atomic E-state index is 0.617. The van der Waals surface area contributed by atoms with Gasteiger partial charge in [0.05, 0.1) is 0 Å². The molecule has 4 N–H and O–H groups in total. The Morgan fingerprint density at radius 1 is 0.600 bits per heavy atom. The monoisotopic (exact) mass is 263 g/mol. The molecule has 98 valence electrons. The predicted octanol–water partition coefficient (Wildman–Crippen LogP) is 2.37. The van der Waals surface area contributed by atoms with E-state index in [0.717, 1.165) is 11.1 Å². The van der Waals surface area contributed by atoms with E-state index in [4.69, 9.17) is 11.5 Å². The lowest BCUT2D eigenvalue weighted by Gasteiger charge is -2.04. The van der Waals surface area contributed by atoms with Crippen LogP contribution in [-0.4, -0.2) is 15.0 Å². The van der Waals surface area contributed by atoms with Crippen molar-refractivity contribution in [2.45, 2.75) is 0 Å². The highest BCUT2D eigenvalue weighted by Gasteiger charge is 2.05. The Morgan fingerprint density at radius 2 is 1.00 bits per heavy atom. The molecule has 2 aromatic carbocycles. The fraction of sp³-hybridized carbons (Fsp3) is 0. The number of nitrogen functional groups attached to an aromatic ring is 2. The van der Waals surface area contributed by atoms with E-state index in [1.54, 1.807) is 0 Å². The van der Waals surface area contributed by atoms with Gasteiger partial charge in [0, 0.05) is 22.5 Å². The molecule has 0 saturated heterocycles. The van der Waals surface area contributed by atoms with Gasteiger partial charge >= 0.3 is 0 Å². The van der Waals surface area contributed by atoms with Crippen molar-refractivity contribution in [2.24, 2.45) is 0 Å². The average molecular weight is 263 g/mol. The molecule has 5 heteroatoms. The SMILES string of the molecule is Nc1ccc(-c2ncnc(-c3ccc(N)cc3)n2)cc1. The highest BCUT2D eigenvalue weighted by atomic mass is 15.0. The van der Waals surface area contributed by atoms with Crippen molar-refractivity contribution in [1.29, 1.82) is 0 Å². The number of aromatic nitrogens is 3. The van der Waals surface area contributed by atoms with Crippen LogP contribution in [0.4, 0.5) is 11.4 Å². The van der Waals surface area contributed by atoms with E-state index in [0.29, 0.717) is 23.0 Å². The van der Waals surface area contributed by atoms with Crippen molar-refractivity contribution in [1.82, 2.24) is 15.0 Å². The molecule has 0 aliphatic carbocycles. The van der Waals surface area contributed by atoms with Gasteiger partial charge in [-0.15, -0.1) is 0 Å². The fourth-order valence-corrected chi connectivity index (χ4v) is 1.84. The number of anilines is 2. The van der Waals surface area contributed by atoms with Gasteiger partial charge in [0.1, 0.15) is 6.33 Å². The Labute approximate surface area is 116 Å². The quantitative estimate of drug-likeness (QED) is 0.693. The molecule has 0 aliphatic rings. The van der Waals surface area contributed by atoms with Crippen LogP contribution in [0.2, 0.25) is 0 Å². The van der Waals surface area contributed by atoms with Crippen LogP contribution in [-0.2, 0) is 0 Å². The summed E-state index contributed by atoms with van der Waals surface area (Å²) in [6.45, 7) is 0. The number of nitrogens with two attached hydrogens (primary N) is 2. The molecule has 1 heterocycles. The van der Waals surface area contributed by atoms with Crippen molar-refractivity contribution < 1.29 is 0 Å². The maximum Gasteiger partial charge on any atom is 0.163 e. The topological polar surface area (TPSA) is 90.7 Å². The molecule has 0 amide bonds. The predicted molar refractivity (Wildman–Crippen MR) is 79.5 cm³/mol. The first kappa shape index (κ1) is 12.1. The maximum absolute atomic E-state index is 5.67. The highest BCUT2D eigenvalue weighted by molar-refractivity contribution is 5.63. The normalized spacial score (nSPS) is 10.4. The van der Waals surface area contributed by atoms with Gasteiger partial charge in [0.2, 0.25) is 0 Å². The van der Waals surface area contributed by atoms with Gasteiger partial charge < -0.3 is 11.5 Å². The van der Waals surface area contributed by atoms with Crippen LogP contribution in [0, 0.1) is 0 Å². The molecule has 3 rings (SSSR count). The second-order valence-electron chi connectivity index (χ2n) is 4.38. The van der Waals surface area contributed by atoms with Gasteiger partial charge in [-0.1, -0.05) is 0 Å². The summed E-state index contributed by atoms with van der Waals surface area (Å²) in [6.07, 6.45) is 1.50. The van der Waals surface area contributed by atoms with E-state index in [9.17, 15) is 0 Å². The van der Waals surface area contributed by atoms with E-state index >= 15 is 0 Å². The van der Waals surface area contributed by atoms with E-state index in [1.807, 2.05) is 48.5 Å². The Balaban J connectivity index is 2.01. The number of rotatable bonds is 2. The van der Waals surface area contributed by atoms with Gasteiger partial charge in [0.25, 0.3) is 0 Å². The first-order valence-electron chi connectivity index (χ1n) is 6.13. The van der Waals surface area contributed by atoms with E-state index in [1.165, 1.54) is 6.33 Å². The third-order valence-corrected chi connectivity index (χ3v) is 2.91. The van der Waals surface area contributed by atoms with E-state index < -0.39 is 0 Å². The van der Waals surface area contributed by atoms with Crippen molar-refractivity contribution in [3.63, 3.8) is 0 Å². The molecule has 3 aromatic rings. The zero-order valence-corrected chi connectivity index (χ0v) is 10.7. The molecule has 20 heavy (non-hydrogen) atoms. The van der Waals surface area contributed by atoms with Crippen LogP contribution in [0.5, 0.6) is 0 Å². The van der Waals surface area contributed by atoms with Crippen LogP contribution < -0.4 is 11.5 Å². The lowest BCUT2D eigenvalue weighted by molar-refractivity contribution is 1.07. The smallest absolute Gasteiger partial charge is 0.163 e. The zero-order chi connectivity index (χ0) is 13.9. The summed E-state index contributed by atoms with van der Waals surface area (Å²) in [7, 11) is 0. The number of benzene rings is 2. The Hall–Kier alpha value is -2.95. The van der Waals surface area contributed by atoms with Crippen LogP contribution in [0.1, 0.15) is 0 Å². The van der Waals surface area contributed by atoms with Crippen molar-refractivity contribution in [2.75, 3.05) is 11.5 Å². The molecule has 0 atom stereocenters. The summed E-state index contributed by atoms with van der Waals surface area (Å²) in [5.41, 5.74) is 14.6. The summed E-state index contributed by atoms with van der Waals surface area (Å²) in [5, 5.41) is 0. The van der Waals surface area contributed by atoms with Crippen molar-refractivity contribution in [3.05, 3.63) is 54.9 Å². The van der Waals surface area contributed by atoms with Gasteiger partial charge in [-0.05, 0) is 48.5 Å². The van der Waals surface area contributed by atoms with Crippen LogP contribution >= 0.6 is 0 Å². The number of nitrogens with zero attached hydrogens (tertiary/aromatic N) is 3.